The molecule has 4 nitrogen and oxygen atoms in total. The summed E-state index contributed by atoms with van der Waals surface area (Å²) < 4.78 is 5.13. The predicted octanol–water partition coefficient (Wildman–Crippen LogP) is -0.691. The highest BCUT2D eigenvalue weighted by Gasteiger charge is 2.24. The second-order valence-electron chi connectivity index (χ2n) is 2.54. The van der Waals surface area contributed by atoms with Crippen molar-refractivity contribution in [3.63, 3.8) is 0 Å². The van der Waals surface area contributed by atoms with Crippen molar-refractivity contribution in [2.24, 2.45) is 0 Å². The fourth-order valence-electron chi connectivity index (χ4n) is 1.10. The molecule has 0 saturated heterocycles. The van der Waals surface area contributed by atoms with Crippen molar-refractivity contribution in [1.29, 1.82) is 0 Å². The lowest BCUT2D eigenvalue weighted by atomic mass is 10.3. The predicted molar refractivity (Wildman–Crippen MR) is 40.7 cm³/mol. The molecule has 2 heterocycles. The third-order valence-corrected chi connectivity index (χ3v) is 1.75. The molecule has 2 rings (SSSR count). The summed E-state index contributed by atoms with van der Waals surface area (Å²) in [4.78, 5) is 15.5. The smallest absolute Gasteiger partial charge is 0.329 e. The van der Waals surface area contributed by atoms with Gasteiger partial charge in [0.25, 0.3) is 0 Å². The molecule has 0 saturated carbocycles. The number of hydrogen-bond donors (Lipinski definition) is 1. The van der Waals surface area contributed by atoms with Gasteiger partial charge >= 0.3 is 5.91 Å². The zero-order valence-electron chi connectivity index (χ0n) is 6.41. The van der Waals surface area contributed by atoms with Crippen LogP contribution in [0.1, 0.15) is 0 Å². The van der Waals surface area contributed by atoms with E-state index in [1.165, 1.54) is 0 Å². The highest BCUT2D eigenvalue weighted by atomic mass is 16.5. The Hall–Kier alpha value is -1.42. The normalized spacial score (nSPS) is 21.4. The topological polar surface area (TPSA) is 43.6 Å². The molecule has 4 heteroatoms. The van der Waals surface area contributed by atoms with Gasteiger partial charge in [-0.25, -0.2) is 9.78 Å². The third kappa shape index (κ3) is 0.967. The lowest BCUT2D eigenvalue weighted by molar-refractivity contribution is -0.702. The number of carbonyl (C=O) groups is 1. The van der Waals surface area contributed by atoms with Crippen molar-refractivity contribution >= 4 is 11.7 Å². The van der Waals surface area contributed by atoms with Crippen LogP contribution in [0.15, 0.2) is 18.3 Å². The molecule has 62 valence electrons. The van der Waals surface area contributed by atoms with Gasteiger partial charge < -0.3 is 9.64 Å². The van der Waals surface area contributed by atoms with Gasteiger partial charge in [-0.3, -0.25) is 0 Å². The molecule has 1 aliphatic rings. The molecule has 1 aromatic rings. The Morgan fingerprint density at radius 2 is 2.50 bits per heavy atom. The molecule has 1 N–H and O–H groups in total. The number of hydrogen-bond acceptors (Lipinski definition) is 3. The first-order chi connectivity index (χ1) is 5.79. The van der Waals surface area contributed by atoms with Crippen molar-refractivity contribution < 1.29 is 14.4 Å². The second-order valence-corrected chi connectivity index (χ2v) is 2.54. The Kier molecular flexibility index (Phi) is 1.55. The van der Waals surface area contributed by atoms with E-state index < -0.39 is 0 Å². The van der Waals surface area contributed by atoms with E-state index in [1.54, 1.807) is 18.3 Å². The van der Waals surface area contributed by atoms with Crippen LogP contribution in [0.4, 0.5) is 5.82 Å². The van der Waals surface area contributed by atoms with E-state index in [1.807, 2.05) is 0 Å². The molecule has 1 aromatic heterocycles. The van der Waals surface area contributed by atoms with Crippen LogP contribution in [0.2, 0.25) is 0 Å². The summed E-state index contributed by atoms with van der Waals surface area (Å²) in [5.74, 6) is 1.11. The monoisotopic (exact) mass is 164 g/mol. The number of pyridine rings is 1. The molecular formula is C8H8N2O2. The van der Waals surface area contributed by atoms with Crippen molar-refractivity contribution in [3.8, 4) is 5.75 Å². The Morgan fingerprint density at radius 3 is 3.33 bits per heavy atom. The largest absolute Gasteiger partial charge is 0.472 e. The number of ether oxygens (including phenoxy) is 1. The third-order valence-electron chi connectivity index (χ3n) is 1.75. The summed E-state index contributed by atoms with van der Waals surface area (Å²) in [6, 6.07) is 3.54. The van der Waals surface area contributed by atoms with Crippen LogP contribution >= 0.6 is 0 Å². The number of nitrogens with one attached hydrogen (secondary N) is 1. The lowest BCUT2D eigenvalue weighted by Gasteiger charge is -2.23. The molecule has 0 fully saturated rings. The van der Waals surface area contributed by atoms with Crippen LogP contribution in [-0.4, -0.2) is 17.5 Å². The standard InChI is InChI=1S/C8H8N2O2/c1-10-7(11)5-12-6-3-2-4-9-8(6)10/h2-4,10H,1,5H2. The van der Waals surface area contributed by atoms with Gasteiger partial charge in [0.2, 0.25) is 12.4 Å². The fourth-order valence-corrected chi connectivity index (χ4v) is 1.10. The minimum Gasteiger partial charge on any atom is -0.472 e. The molecule has 0 aromatic carbocycles. The molecule has 1 atom stereocenters. The van der Waals surface area contributed by atoms with E-state index >= 15 is 0 Å². The molecular weight excluding hydrogens is 156 g/mol. The van der Waals surface area contributed by atoms with Gasteiger partial charge in [0, 0.05) is 6.20 Å². The zero-order chi connectivity index (χ0) is 8.55. The Morgan fingerprint density at radius 1 is 1.67 bits per heavy atom. The molecule has 0 aliphatic carbocycles. The van der Waals surface area contributed by atoms with Crippen molar-refractivity contribution in [2.75, 3.05) is 6.61 Å². The van der Waals surface area contributed by atoms with Crippen LogP contribution in [0.3, 0.4) is 0 Å². The molecule has 1 amide bonds. The zero-order valence-corrected chi connectivity index (χ0v) is 6.41. The van der Waals surface area contributed by atoms with Crippen molar-refractivity contribution in [3.05, 3.63) is 25.4 Å². The van der Waals surface area contributed by atoms with E-state index in [2.05, 4.69) is 12.0 Å². The molecule has 12 heavy (non-hydrogen) atoms. The summed E-state index contributed by atoms with van der Waals surface area (Å²) in [6.45, 7) is 0.0809. The number of quaternary nitrogens is 1. The van der Waals surface area contributed by atoms with Gasteiger partial charge in [-0.05, 0) is 12.1 Å². The summed E-state index contributed by atoms with van der Waals surface area (Å²) in [5, 5.41) is 0. The van der Waals surface area contributed by atoms with Crippen LogP contribution in [-0.2, 0) is 4.79 Å². The van der Waals surface area contributed by atoms with Gasteiger partial charge in [0.15, 0.2) is 5.75 Å². The Labute approximate surface area is 69.8 Å². The van der Waals surface area contributed by atoms with Gasteiger partial charge in [0.1, 0.15) is 0 Å². The second kappa shape index (κ2) is 2.57. The summed E-state index contributed by atoms with van der Waals surface area (Å²) >= 11 is 0. The minimum atomic E-state index is -0.0961. The SMILES string of the molecule is [CH2-][NH+]1C(=O)COc2cccnc21. The quantitative estimate of drug-likeness (QED) is 0.516. The molecule has 0 spiro atoms. The van der Waals surface area contributed by atoms with Crippen LogP contribution < -0.4 is 9.64 Å². The Bertz CT molecular complexity index is 325. The van der Waals surface area contributed by atoms with E-state index in [0.717, 1.165) is 0 Å². The number of nitrogens with zero attached hydrogens (tertiary/aromatic N) is 1. The molecule has 0 radical (unpaired) electrons. The molecule has 1 aliphatic heterocycles. The first-order valence-corrected chi connectivity index (χ1v) is 3.59. The average Bonchev–Trinajstić information content (AvgIpc) is 2.12. The highest BCUT2D eigenvalue weighted by molar-refractivity contribution is 5.73. The van der Waals surface area contributed by atoms with E-state index in [0.29, 0.717) is 16.5 Å². The number of amides is 1. The van der Waals surface area contributed by atoms with Crippen molar-refractivity contribution in [1.82, 2.24) is 4.98 Å². The van der Waals surface area contributed by atoms with E-state index in [-0.39, 0.29) is 12.5 Å². The maximum atomic E-state index is 11.1. The number of rotatable bonds is 0. The van der Waals surface area contributed by atoms with Gasteiger partial charge in [-0.2, -0.15) is 0 Å². The number of fused-ring (bicyclic) bond motifs is 1. The number of aromatic nitrogens is 1. The minimum absolute atomic E-state index is 0.0809. The summed E-state index contributed by atoms with van der Waals surface area (Å²) in [7, 11) is 3.64. The maximum Gasteiger partial charge on any atom is 0.329 e. The highest BCUT2D eigenvalue weighted by Crippen LogP contribution is 2.18. The number of carbonyl (C=O) groups excluding carboxylic acids is 1. The van der Waals surface area contributed by atoms with Gasteiger partial charge in [0.05, 0.1) is 0 Å². The van der Waals surface area contributed by atoms with Crippen LogP contribution in [0.5, 0.6) is 5.75 Å². The average molecular weight is 164 g/mol. The molecule has 0 bridgehead atoms. The summed E-state index contributed by atoms with van der Waals surface area (Å²) in [5.41, 5.74) is 0. The first-order valence-electron chi connectivity index (χ1n) is 3.59. The lowest BCUT2D eigenvalue weighted by Crippen LogP contribution is -3.06. The van der Waals surface area contributed by atoms with Crippen LogP contribution in [0, 0.1) is 7.05 Å². The maximum absolute atomic E-state index is 11.1. The van der Waals surface area contributed by atoms with Gasteiger partial charge in [-0.15, -0.1) is 7.05 Å². The Balaban J connectivity index is 2.48. The fraction of sp³-hybridized carbons (Fsp3) is 0.125. The molecule has 1 unspecified atom stereocenters. The van der Waals surface area contributed by atoms with E-state index in [4.69, 9.17) is 4.74 Å². The van der Waals surface area contributed by atoms with Crippen LogP contribution in [0.25, 0.3) is 0 Å². The van der Waals surface area contributed by atoms with E-state index in [9.17, 15) is 4.79 Å². The first kappa shape index (κ1) is 7.24. The van der Waals surface area contributed by atoms with Gasteiger partial charge in [-0.1, -0.05) is 0 Å². The van der Waals surface area contributed by atoms with Crippen molar-refractivity contribution in [2.45, 2.75) is 0 Å². The summed E-state index contributed by atoms with van der Waals surface area (Å²) in [6.07, 6.45) is 1.62.